The van der Waals surface area contributed by atoms with Gasteiger partial charge in [-0.2, -0.15) is 0 Å². The number of benzene rings is 1. The maximum Gasteiger partial charge on any atom is 0.0412 e. The number of aryl methyl sites for hydroxylation is 1. The Balaban J connectivity index is 2.34. The fourth-order valence-electron chi connectivity index (χ4n) is 2.43. The topological polar surface area (TPSA) is 38.9 Å². The van der Waals surface area contributed by atoms with Crippen LogP contribution in [0.3, 0.4) is 0 Å². The molecule has 1 aromatic heterocycles. The molecule has 0 saturated carbocycles. The van der Waals surface area contributed by atoms with E-state index in [4.69, 9.17) is 5.73 Å². The molecular formula is C16H20N2. The van der Waals surface area contributed by atoms with E-state index in [0.29, 0.717) is 6.54 Å². The molecule has 0 amide bonds. The summed E-state index contributed by atoms with van der Waals surface area (Å²) in [4.78, 5) is 4.41. The Bertz CT molecular complexity index is 508. The summed E-state index contributed by atoms with van der Waals surface area (Å²) in [5, 5.41) is 0. The quantitative estimate of drug-likeness (QED) is 0.892. The summed E-state index contributed by atoms with van der Waals surface area (Å²) in [5.74, 6) is 0. The molecule has 1 heterocycles. The molecule has 2 aromatic rings. The zero-order valence-corrected chi connectivity index (χ0v) is 11.1. The van der Waals surface area contributed by atoms with Crippen molar-refractivity contribution in [2.45, 2.75) is 25.7 Å². The molecule has 2 N–H and O–H groups in total. The number of rotatable bonds is 4. The molecule has 18 heavy (non-hydrogen) atoms. The third-order valence-corrected chi connectivity index (χ3v) is 3.54. The van der Waals surface area contributed by atoms with Gasteiger partial charge in [-0.05, 0) is 30.2 Å². The molecule has 0 aliphatic carbocycles. The second kappa shape index (κ2) is 5.32. The van der Waals surface area contributed by atoms with Crippen LogP contribution in [0.4, 0.5) is 0 Å². The molecule has 1 unspecified atom stereocenters. The van der Waals surface area contributed by atoms with Crippen LogP contribution in [0.25, 0.3) is 0 Å². The molecule has 2 nitrogen and oxygen atoms in total. The van der Waals surface area contributed by atoms with Crippen LogP contribution in [0, 0.1) is 6.92 Å². The Hall–Kier alpha value is -1.67. The minimum absolute atomic E-state index is 0.0559. The Morgan fingerprint density at radius 3 is 2.44 bits per heavy atom. The molecule has 1 aromatic carbocycles. The second-order valence-electron chi connectivity index (χ2n) is 5.08. The van der Waals surface area contributed by atoms with Gasteiger partial charge in [0.15, 0.2) is 0 Å². The number of nitrogens with two attached hydrogens (primary N) is 1. The van der Waals surface area contributed by atoms with Gasteiger partial charge in [-0.15, -0.1) is 0 Å². The van der Waals surface area contributed by atoms with Gasteiger partial charge in [-0.3, -0.25) is 4.98 Å². The average Bonchev–Trinajstić information content (AvgIpc) is 2.40. The molecule has 0 aliphatic heterocycles. The fraction of sp³-hybridized carbons (Fsp3) is 0.312. The van der Waals surface area contributed by atoms with Crippen molar-refractivity contribution in [3.63, 3.8) is 0 Å². The third kappa shape index (κ3) is 2.59. The molecular weight excluding hydrogens is 220 g/mol. The first-order valence-corrected chi connectivity index (χ1v) is 6.32. The molecule has 0 spiro atoms. The van der Waals surface area contributed by atoms with E-state index >= 15 is 0 Å². The van der Waals surface area contributed by atoms with Gasteiger partial charge in [-0.1, -0.05) is 37.3 Å². The lowest BCUT2D eigenvalue weighted by molar-refractivity contribution is 0.473. The summed E-state index contributed by atoms with van der Waals surface area (Å²) < 4.78 is 0. The van der Waals surface area contributed by atoms with Gasteiger partial charge >= 0.3 is 0 Å². The summed E-state index contributed by atoms with van der Waals surface area (Å²) in [6, 6.07) is 14.5. The van der Waals surface area contributed by atoms with Gasteiger partial charge in [0.05, 0.1) is 0 Å². The van der Waals surface area contributed by atoms with Gasteiger partial charge in [0.1, 0.15) is 0 Å². The minimum Gasteiger partial charge on any atom is -0.330 e. The minimum atomic E-state index is -0.0559. The Kier molecular flexibility index (Phi) is 3.78. The van der Waals surface area contributed by atoms with Gasteiger partial charge in [0.2, 0.25) is 0 Å². The molecule has 0 fully saturated rings. The van der Waals surface area contributed by atoms with Crippen LogP contribution in [-0.4, -0.2) is 11.5 Å². The monoisotopic (exact) mass is 240 g/mol. The lowest BCUT2D eigenvalue weighted by atomic mass is 9.76. The zero-order chi connectivity index (χ0) is 13.0. The Labute approximate surface area is 109 Å². The number of hydrogen-bond acceptors (Lipinski definition) is 2. The van der Waals surface area contributed by atoms with E-state index in [-0.39, 0.29) is 5.41 Å². The number of aromatic nitrogens is 1. The molecule has 2 heteroatoms. The van der Waals surface area contributed by atoms with E-state index in [2.05, 4.69) is 49.2 Å². The summed E-state index contributed by atoms with van der Waals surface area (Å²) in [5.41, 5.74) is 9.67. The predicted molar refractivity (Wildman–Crippen MR) is 75.5 cm³/mol. The zero-order valence-electron chi connectivity index (χ0n) is 11.1. The Morgan fingerprint density at radius 1 is 1.11 bits per heavy atom. The molecule has 0 saturated heterocycles. The molecule has 0 radical (unpaired) electrons. The SMILES string of the molecule is Cc1ccccc1C(C)(CN)Cc1ccccn1. The lowest BCUT2D eigenvalue weighted by Crippen LogP contribution is -2.35. The van der Waals surface area contributed by atoms with Gasteiger partial charge < -0.3 is 5.73 Å². The third-order valence-electron chi connectivity index (χ3n) is 3.54. The van der Waals surface area contributed by atoms with Gasteiger partial charge in [-0.25, -0.2) is 0 Å². The second-order valence-corrected chi connectivity index (χ2v) is 5.08. The van der Waals surface area contributed by atoms with E-state index in [1.807, 2.05) is 18.3 Å². The highest BCUT2D eigenvalue weighted by atomic mass is 14.7. The fourth-order valence-corrected chi connectivity index (χ4v) is 2.43. The first-order chi connectivity index (χ1) is 8.65. The summed E-state index contributed by atoms with van der Waals surface area (Å²) in [7, 11) is 0. The predicted octanol–water partition coefficient (Wildman–Crippen LogP) is 2.85. The average molecular weight is 240 g/mol. The van der Waals surface area contributed by atoms with Crippen LogP contribution in [0.2, 0.25) is 0 Å². The van der Waals surface area contributed by atoms with E-state index in [1.54, 1.807) is 0 Å². The molecule has 0 aliphatic rings. The largest absolute Gasteiger partial charge is 0.330 e. The summed E-state index contributed by atoms with van der Waals surface area (Å²) in [6.07, 6.45) is 2.71. The maximum absolute atomic E-state index is 6.03. The smallest absolute Gasteiger partial charge is 0.0412 e. The van der Waals surface area contributed by atoms with E-state index in [9.17, 15) is 0 Å². The van der Waals surface area contributed by atoms with Crippen molar-refractivity contribution in [1.82, 2.24) is 4.98 Å². The van der Waals surface area contributed by atoms with Crippen LogP contribution in [-0.2, 0) is 11.8 Å². The molecule has 1 atom stereocenters. The van der Waals surface area contributed by atoms with Crippen molar-refractivity contribution in [2.75, 3.05) is 6.54 Å². The van der Waals surface area contributed by atoms with Crippen molar-refractivity contribution < 1.29 is 0 Å². The number of pyridine rings is 1. The molecule has 2 rings (SSSR count). The molecule has 94 valence electrons. The highest BCUT2D eigenvalue weighted by Gasteiger charge is 2.27. The summed E-state index contributed by atoms with van der Waals surface area (Å²) in [6.45, 7) is 4.97. The van der Waals surface area contributed by atoms with Crippen molar-refractivity contribution in [2.24, 2.45) is 5.73 Å². The maximum atomic E-state index is 6.03. The van der Waals surface area contributed by atoms with E-state index < -0.39 is 0 Å². The van der Waals surface area contributed by atoms with Gasteiger partial charge in [0.25, 0.3) is 0 Å². The van der Waals surface area contributed by atoms with Crippen LogP contribution in [0.15, 0.2) is 48.7 Å². The number of nitrogens with zero attached hydrogens (tertiary/aromatic N) is 1. The van der Waals surface area contributed by atoms with Crippen molar-refractivity contribution in [3.8, 4) is 0 Å². The first-order valence-electron chi connectivity index (χ1n) is 6.32. The van der Waals surface area contributed by atoms with Crippen molar-refractivity contribution >= 4 is 0 Å². The van der Waals surface area contributed by atoms with E-state index in [1.165, 1.54) is 11.1 Å². The van der Waals surface area contributed by atoms with Crippen LogP contribution in [0.5, 0.6) is 0 Å². The van der Waals surface area contributed by atoms with Crippen LogP contribution >= 0.6 is 0 Å². The standard InChI is InChI=1S/C16H20N2/c1-13-7-3-4-9-15(13)16(2,12-17)11-14-8-5-6-10-18-14/h3-10H,11-12,17H2,1-2H3. The molecule has 0 bridgehead atoms. The van der Waals surface area contributed by atoms with Crippen molar-refractivity contribution in [3.05, 3.63) is 65.5 Å². The summed E-state index contributed by atoms with van der Waals surface area (Å²) >= 11 is 0. The normalized spacial score (nSPS) is 14.2. The highest BCUT2D eigenvalue weighted by Crippen LogP contribution is 2.29. The van der Waals surface area contributed by atoms with Crippen molar-refractivity contribution in [1.29, 1.82) is 0 Å². The van der Waals surface area contributed by atoms with Crippen LogP contribution < -0.4 is 5.73 Å². The first kappa shape index (κ1) is 12.8. The lowest BCUT2D eigenvalue weighted by Gasteiger charge is -2.30. The Morgan fingerprint density at radius 2 is 1.83 bits per heavy atom. The highest BCUT2D eigenvalue weighted by molar-refractivity contribution is 5.34. The van der Waals surface area contributed by atoms with E-state index in [0.717, 1.165) is 12.1 Å². The van der Waals surface area contributed by atoms with Crippen LogP contribution in [0.1, 0.15) is 23.7 Å². The van der Waals surface area contributed by atoms with Gasteiger partial charge in [0, 0.05) is 30.3 Å². The number of hydrogen-bond donors (Lipinski definition) is 1.